The van der Waals surface area contributed by atoms with Gasteiger partial charge in [0.25, 0.3) is 0 Å². The van der Waals surface area contributed by atoms with Crippen molar-refractivity contribution in [2.75, 3.05) is 5.73 Å². The van der Waals surface area contributed by atoms with Crippen molar-refractivity contribution in [1.29, 1.82) is 0 Å². The van der Waals surface area contributed by atoms with Gasteiger partial charge in [0.05, 0.1) is 0 Å². The van der Waals surface area contributed by atoms with Crippen molar-refractivity contribution in [1.82, 2.24) is 0 Å². The Morgan fingerprint density at radius 2 is 1.87 bits per heavy atom. The second kappa shape index (κ2) is 8.59. The van der Waals surface area contributed by atoms with E-state index in [9.17, 15) is 4.39 Å². The van der Waals surface area contributed by atoms with Gasteiger partial charge in [0, 0.05) is 17.2 Å². The molecule has 30 heavy (non-hydrogen) atoms. The Bertz CT molecular complexity index is 1060. The Hall–Kier alpha value is -2.68. The number of anilines is 1. The van der Waals surface area contributed by atoms with E-state index in [4.69, 9.17) is 5.73 Å². The number of nitrogen functional groups attached to an aromatic ring is 1. The third-order valence-electron chi connectivity index (χ3n) is 6.25. The first-order valence-corrected chi connectivity index (χ1v) is 10.9. The lowest BCUT2D eigenvalue weighted by Crippen LogP contribution is -2.08. The molecule has 2 aliphatic carbocycles. The van der Waals surface area contributed by atoms with Gasteiger partial charge in [0.15, 0.2) is 0 Å². The van der Waals surface area contributed by atoms with Crippen LogP contribution < -0.4 is 5.73 Å². The van der Waals surface area contributed by atoms with Crippen molar-refractivity contribution in [3.63, 3.8) is 0 Å². The Labute approximate surface area is 178 Å². The minimum atomic E-state index is -0.322. The monoisotopic (exact) mass is 405 g/mol. The number of hydrogen-bond donors (Lipinski definition) is 1. The van der Waals surface area contributed by atoms with E-state index in [2.05, 4.69) is 31.2 Å². The van der Waals surface area contributed by atoms with E-state index in [-0.39, 0.29) is 17.6 Å². The van der Waals surface area contributed by atoms with Crippen LogP contribution in [-0.4, -0.2) is 0 Å². The third-order valence-corrected chi connectivity index (χ3v) is 6.25. The molecule has 0 radical (unpaired) electrons. The lowest BCUT2D eigenvalue weighted by molar-refractivity contribution is 0.580. The quantitative estimate of drug-likeness (QED) is 0.532. The fourth-order valence-corrected chi connectivity index (χ4v) is 4.76. The first-order valence-electron chi connectivity index (χ1n) is 10.9. The summed E-state index contributed by atoms with van der Waals surface area (Å²) in [5.41, 5.74) is 13.3. The summed E-state index contributed by atoms with van der Waals surface area (Å²) in [5.74, 6) is -0.489. The van der Waals surface area contributed by atoms with Crippen molar-refractivity contribution >= 4 is 16.8 Å². The minimum absolute atomic E-state index is 0.141. The van der Waals surface area contributed by atoms with Gasteiger partial charge >= 0.3 is 0 Å². The van der Waals surface area contributed by atoms with E-state index in [0.717, 1.165) is 54.5 Å². The summed E-state index contributed by atoms with van der Waals surface area (Å²) in [7, 11) is 0. The number of hydrogen-bond acceptors (Lipinski definition) is 1. The van der Waals surface area contributed by atoms with Gasteiger partial charge in [-0.3, -0.25) is 0 Å². The van der Waals surface area contributed by atoms with E-state index >= 15 is 4.39 Å². The topological polar surface area (TPSA) is 26.0 Å². The first kappa shape index (κ1) is 20.6. The predicted octanol–water partition coefficient (Wildman–Crippen LogP) is 7.27. The van der Waals surface area contributed by atoms with Crippen molar-refractivity contribution in [3.05, 3.63) is 88.0 Å². The molecule has 1 unspecified atom stereocenters. The van der Waals surface area contributed by atoms with Gasteiger partial charge in [-0.2, -0.15) is 0 Å². The molecular formula is C27H29F2N. The average Bonchev–Trinajstić information content (AvgIpc) is 2.90. The van der Waals surface area contributed by atoms with Gasteiger partial charge in [-0.05, 0) is 91.1 Å². The van der Waals surface area contributed by atoms with Crippen LogP contribution >= 0.6 is 0 Å². The molecule has 0 saturated carbocycles. The maximum atomic E-state index is 15.3. The van der Waals surface area contributed by atoms with E-state index in [1.54, 1.807) is 0 Å². The van der Waals surface area contributed by atoms with Crippen molar-refractivity contribution < 1.29 is 8.78 Å². The fraction of sp³-hybridized carbons (Fsp3) is 0.333. The van der Waals surface area contributed by atoms with Crippen LogP contribution in [0.5, 0.6) is 0 Å². The Morgan fingerprint density at radius 3 is 2.60 bits per heavy atom. The minimum Gasteiger partial charge on any atom is -0.399 e. The van der Waals surface area contributed by atoms with Gasteiger partial charge in [-0.1, -0.05) is 43.2 Å². The van der Waals surface area contributed by atoms with E-state index in [1.165, 1.54) is 23.3 Å². The second-order valence-electron chi connectivity index (χ2n) is 8.49. The average molecular weight is 406 g/mol. The summed E-state index contributed by atoms with van der Waals surface area (Å²) in [4.78, 5) is 0. The first-order chi connectivity index (χ1) is 14.5. The molecule has 0 bridgehead atoms. The molecule has 0 fully saturated rings. The highest BCUT2D eigenvalue weighted by molar-refractivity contribution is 5.94. The molecule has 0 aromatic heterocycles. The molecule has 2 N–H and O–H groups in total. The van der Waals surface area contributed by atoms with Crippen LogP contribution in [0.4, 0.5) is 14.5 Å². The van der Waals surface area contributed by atoms with Crippen LogP contribution in [0.1, 0.15) is 61.8 Å². The zero-order valence-corrected chi connectivity index (χ0v) is 17.8. The van der Waals surface area contributed by atoms with Gasteiger partial charge in [0.1, 0.15) is 11.6 Å². The zero-order valence-electron chi connectivity index (χ0n) is 17.8. The SMILES string of the molecule is CCCc1cc(F)c(C2=C(C3C=CC(C)=CC3)c3ccc(N)cc3CCC2)cc1F. The zero-order chi connectivity index (χ0) is 21.3. The normalized spacial score (nSPS) is 18.8. The highest BCUT2D eigenvalue weighted by Gasteiger charge is 2.26. The third kappa shape index (κ3) is 3.98. The van der Waals surface area contributed by atoms with Crippen LogP contribution in [0.3, 0.4) is 0 Å². The van der Waals surface area contributed by atoms with Gasteiger partial charge < -0.3 is 5.73 Å². The number of allylic oxidation sites excluding steroid dienone is 6. The molecule has 1 atom stereocenters. The lowest BCUT2D eigenvalue weighted by Gasteiger charge is -2.24. The van der Waals surface area contributed by atoms with Crippen LogP contribution in [0.25, 0.3) is 11.1 Å². The lowest BCUT2D eigenvalue weighted by atomic mass is 9.80. The number of aryl methyl sites for hydroxylation is 2. The highest BCUT2D eigenvalue weighted by Crippen LogP contribution is 2.44. The summed E-state index contributed by atoms with van der Waals surface area (Å²) in [5, 5.41) is 0. The maximum absolute atomic E-state index is 15.3. The molecule has 0 aliphatic heterocycles. The van der Waals surface area contributed by atoms with Gasteiger partial charge in [-0.25, -0.2) is 8.78 Å². The molecule has 2 aliphatic rings. The molecule has 1 nitrogen and oxygen atoms in total. The van der Waals surface area contributed by atoms with E-state index < -0.39 is 0 Å². The van der Waals surface area contributed by atoms with Gasteiger partial charge in [0.2, 0.25) is 0 Å². The number of fused-ring (bicyclic) bond motifs is 1. The Kier molecular flexibility index (Phi) is 5.90. The smallest absolute Gasteiger partial charge is 0.131 e. The van der Waals surface area contributed by atoms with Crippen LogP contribution in [0.15, 0.2) is 54.1 Å². The summed E-state index contributed by atoms with van der Waals surface area (Å²) in [6, 6.07) is 8.83. The molecule has 4 rings (SSSR count). The molecule has 156 valence electrons. The second-order valence-corrected chi connectivity index (χ2v) is 8.49. The van der Waals surface area contributed by atoms with E-state index in [0.29, 0.717) is 17.5 Å². The van der Waals surface area contributed by atoms with Crippen LogP contribution in [-0.2, 0) is 12.8 Å². The number of nitrogens with two attached hydrogens (primary N) is 1. The van der Waals surface area contributed by atoms with Crippen molar-refractivity contribution in [2.24, 2.45) is 5.92 Å². The number of halogens is 2. The maximum Gasteiger partial charge on any atom is 0.131 e. The Morgan fingerprint density at radius 1 is 1.03 bits per heavy atom. The largest absolute Gasteiger partial charge is 0.399 e. The van der Waals surface area contributed by atoms with Crippen molar-refractivity contribution in [3.8, 4) is 0 Å². The van der Waals surface area contributed by atoms with Crippen molar-refractivity contribution in [2.45, 2.75) is 52.4 Å². The molecule has 3 heteroatoms. The molecule has 0 spiro atoms. The molecular weight excluding hydrogens is 376 g/mol. The summed E-state index contributed by atoms with van der Waals surface area (Å²) in [6.07, 6.45) is 11.2. The molecule has 2 aromatic rings. The van der Waals surface area contributed by atoms with Crippen LogP contribution in [0.2, 0.25) is 0 Å². The summed E-state index contributed by atoms with van der Waals surface area (Å²) in [6.45, 7) is 4.07. The number of rotatable bonds is 4. The summed E-state index contributed by atoms with van der Waals surface area (Å²) < 4.78 is 30.1. The molecule has 0 amide bonds. The standard InChI is InChI=1S/C27H29F2N/c1-3-5-20-15-26(29)24(16-25(20)28)23-7-4-6-19-14-21(30)12-13-22(19)27(23)18-10-8-17(2)9-11-18/h8-10,12-16,18H,3-7,11,30H2,1-2H3. The molecule has 2 aromatic carbocycles. The van der Waals surface area contributed by atoms with Gasteiger partial charge in [-0.15, -0.1) is 0 Å². The highest BCUT2D eigenvalue weighted by atomic mass is 19.1. The molecule has 0 heterocycles. The van der Waals surface area contributed by atoms with Crippen LogP contribution in [0, 0.1) is 17.6 Å². The van der Waals surface area contributed by atoms with E-state index in [1.807, 2.05) is 19.1 Å². The fourth-order valence-electron chi connectivity index (χ4n) is 4.76. The predicted molar refractivity (Wildman–Crippen MR) is 122 cm³/mol. The molecule has 0 saturated heterocycles. The Balaban J connectivity index is 1.93. The summed E-state index contributed by atoms with van der Waals surface area (Å²) >= 11 is 0. The number of benzene rings is 2.